The summed E-state index contributed by atoms with van der Waals surface area (Å²) in [5.41, 5.74) is 0. The van der Waals surface area contributed by atoms with Crippen LogP contribution in [0.15, 0.2) is 0 Å². The first-order valence-electron chi connectivity index (χ1n) is 26.8. The van der Waals surface area contributed by atoms with E-state index in [4.69, 9.17) is 20.4 Å². The Hall–Kier alpha value is -1.14. The van der Waals surface area contributed by atoms with Crippen molar-refractivity contribution >= 4 is 11.9 Å². The van der Waals surface area contributed by atoms with Crippen LogP contribution in [0.5, 0.6) is 0 Å². The minimum atomic E-state index is -0.870. The van der Waals surface area contributed by atoms with Crippen LogP contribution in [-0.2, 0) is 9.59 Å². The van der Waals surface area contributed by atoms with Crippen LogP contribution in [0.2, 0.25) is 0 Å². The van der Waals surface area contributed by atoms with Gasteiger partial charge in [-0.3, -0.25) is 9.59 Å². The highest BCUT2D eigenvalue weighted by Gasteiger charge is 2.00. The number of rotatable bonds is 47. The Morgan fingerprint density at radius 2 is 0.417 bits per heavy atom. The zero-order valence-corrected chi connectivity index (χ0v) is 41.3. The number of carbonyl (C=O) groups is 2. The normalized spacial score (nSPS) is 11.1. The lowest BCUT2D eigenvalue weighted by molar-refractivity contribution is -0.139. The fraction of sp³-hybridized carbons (Fsp3) is 0.963. The molecule has 0 radical (unpaired) electrons. The molecule has 0 unspecified atom stereocenters. The summed E-state index contributed by atoms with van der Waals surface area (Å²) in [5.74, 6) is 0.0422. The first-order valence-corrected chi connectivity index (χ1v) is 26.8. The van der Waals surface area contributed by atoms with Gasteiger partial charge < -0.3 is 20.4 Å². The van der Waals surface area contributed by atoms with Gasteiger partial charge in [-0.05, 0) is 37.5 Å². The largest absolute Gasteiger partial charge is 0.481 e. The van der Waals surface area contributed by atoms with Crippen LogP contribution >= 0.6 is 0 Å². The zero-order chi connectivity index (χ0) is 44.8. The van der Waals surface area contributed by atoms with Crippen molar-refractivity contribution in [3.8, 4) is 0 Å². The van der Waals surface area contributed by atoms with Gasteiger partial charge in [-0.25, -0.2) is 0 Å². The average Bonchev–Trinajstić information content (AvgIpc) is 3.21. The second-order valence-corrected chi connectivity index (χ2v) is 19.2. The highest BCUT2D eigenvalue weighted by molar-refractivity contribution is 5.67. The van der Waals surface area contributed by atoms with Crippen molar-refractivity contribution in [2.24, 2.45) is 11.8 Å². The molecule has 0 atom stereocenters. The molecule has 0 rings (SSSR count). The van der Waals surface area contributed by atoms with E-state index >= 15 is 0 Å². The van der Waals surface area contributed by atoms with Crippen molar-refractivity contribution in [1.29, 1.82) is 0 Å². The zero-order valence-electron chi connectivity index (χ0n) is 41.3. The molecule has 6 nitrogen and oxygen atoms in total. The predicted molar refractivity (Wildman–Crippen MR) is 262 cm³/mol. The van der Waals surface area contributed by atoms with Crippen molar-refractivity contribution in [2.75, 3.05) is 13.2 Å². The Morgan fingerprint density at radius 1 is 0.267 bits per heavy atom. The summed E-state index contributed by atoms with van der Waals surface area (Å²) in [6.45, 7) is 10.1. The molecule has 0 spiro atoms. The third-order valence-corrected chi connectivity index (χ3v) is 11.9. The van der Waals surface area contributed by atoms with Crippen LogP contribution in [0.25, 0.3) is 0 Å². The number of carboxylic acid groups (broad SMARTS) is 2. The minimum absolute atomic E-state index is 0.0628. The Labute approximate surface area is 376 Å². The molecular formula is C54H110O6. The van der Waals surface area contributed by atoms with E-state index in [1.807, 2.05) is 0 Å². The van der Waals surface area contributed by atoms with Gasteiger partial charge in [0.05, 0.1) is 0 Å². The molecule has 0 aliphatic rings. The molecule has 0 aliphatic heterocycles. The van der Waals surface area contributed by atoms with Gasteiger partial charge in [0.1, 0.15) is 0 Å². The molecule has 0 saturated heterocycles. The predicted octanol–water partition coefficient (Wildman–Crippen LogP) is 17.6. The Kier molecular flexibility index (Phi) is 60.9. The van der Waals surface area contributed by atoms with Crippen LogP contribution in [-0.4, -0.2) is 45.6 Å². The van der Waals surface area contributed by atoms with Crippen LogP contribution < -0.4 is 0 Å². The van der Waals surface area contributed by atoms with Gasteiger partial charge in [0.15, 0.2) is 0 Å². The Balaban J connectivity index is -0.000000884. The summed E-state index contributed by atoms with van der Waals surface area (Å²) in [6.07, 6.45) is 57.4. The molecule has 0 heterocycles. The molecule has 0 aromatic heterocycles. The van der Waals surface area contributed by atoms with Crippen LogP contribution in [0.1, 0.15) is 310 Å². The van der Waals surface area contributed by atoms with E-state index in [-0.39, 0.29) is 12.8 Å². The molecule has 6 heteroatoms. The van der Waals surface area contributed by atoms with Gasteiger partial charge in [-0.2, -0.15) is 0 Å². The lowest BCUT2D eigenvalue weighted by Gasteiger charge is -2.05. The molecule has 4 N–H and O–H groups in total. The Bertz CT molecular complexity index is 720. The maximum atomic E-state index is 9.90. The third kappa shape index (κ3) is 71.4. The lowest BCUT2D eigenvalue weighted by atomic mass is 10.0. The average molecular weight is 855 g/mol. The van der Waals surface area contributed by atoms with Crippen molar-refractivity contribution < 1.29 is 30.0 Å². The second kappa shape index (κ2) is 57.9. The molecular weight excluding hydrogens is 745 g/mol. The first kappa shape index (κ1) is 63.2. The Morgan fingerprint density at radius 3 is 0.550 bits per heavy atom. The highest BCUT2D eigenvalue weighted by Crippen LogP contribution is 2.17. The summed E-state index contributed by atoms with van der Waals surface area (Å²) in [4.78, 5) is 19.8. The fourth-order valence-corrected chi connectivity index (χ4v) is 7.89. The van der Waals surface area contributed by atoms with Crippen LogP contribution in [0.3, 0.4) is 0 Å². The number of hydrogen-bond acceptors (Lipinski definition) is 4. The van der Waals surface area contributed by atoms with Gasteiger partial charge in [0.2, 0.25) is 0 Å². The van der Waals surface area contributed by atoms with Gasteiger partial charge in [-0.1, -0.05) is 272 Å². The minimum Gasteiger partial charge on any atom is -0.481 e. The van der Waals surface area contributed by atoms with Gasteiger partial charge in [0.25, 0.3) is 0 Å². The number of aliphatic hydroxyl groups is 2. The molecule has 0 bridgehead atoms. The molecule has 0 amide bonds. The van der Waals surface area contributed by atoms with E-state index in [1.54, 1.807) is 0 Å². The second-order valence-electron chi connectivity index (χ2n) is 19.2. The molecule has 362 valence electrons. The van der Waals surface area contributed by atoms with Crippen LogP contribution in [0.4, 0.5) is 0 Å². The molecule has 60 heavy (non-hydrogen) atoms. The van der Waals surface area contributed by atoms with Gasteiger partial charge in [-0.15, -0.1) is 0 Å². The standard InChI is InChI=1S/2C24H50O.C6H10O4/c2*1-24(2)22-20-18-16-14-12-10-8-6-4-3-5-7-9-11-13-15-17-19-21-23-25;7-5(8)3-1-2-4-6(9)10/h2*24-25H,3-23H2,1-2H3;1-4H2,(H,7,8)(H,9,10). The van der Waals surface area contributed by atoms with Gasteiger partial charge >= 0.3 is 11.9 Å². The molecule has 0 fully saturated rings. The van der Waals surface area contributed by atoms with Crippen molar-refractivity contribution in [3.63, 3.8) is 0 Å². The summed E-state index contributed by atoms with van der Waals surface area (Å²) in [6, 6.07) is 0. The van der Waals surface area contributed by atoms with E-state index in [1.165, 1.54) is 244 Å². The van der Waals surface area contributed by atoms with E-state index in [9.17, 15) is 9.59 Å². The quantitative estimate of drug-likeness (QED) is 0.0453. The number of unbranched alkanes of at least 4 members (excludes halogenated alkanes) is 37. The van der Waals surface area contributed by atoms with E-state index in [0.29, 0.717) is 26.1 Å². The smallest absolute Gasteiger partial charge is 0.303 e. The number of aliphatic hydroxyl groups excluding tert-OH is 2. The highest BCUT2D eigenvalue weighted by atomic mass is 16.4. The van der Waals surface area contributed by atoms with Crippen molar-refractivity contribution in [1.82, 2.24) is 0 Å². The molecule has 0 aliphatic carbocycles. The van der Waals surface area contributed by atoms with Crippen molar-refractivity contribution in [2.45, 2.75) is 310 Å². The topological polar surface area (TPSA) is 115 Å². The molecule has 0 saturated carbocycles. The van der Waals surface area contributed by atoms with E-state index in [0.717, 1.165) is 24.7 Å². The molecule has 0 aromatic carbocycles. The number of carboxylic acids is 2. The SMILES string of the molecule is CC(C)CCCCCCCCCCCCCCCCCCCCCO.CC(C)CCCCCCCCCCCCCCCCCCCCCO.O=C(O)CCCCC(=O)O. The van der Waals surface area contributed by atoms with Crippen LogP contribution in [0, 0.1) is 11.8 Å². The van der Waals surface area contributed by atoms with Gasteiger partial charge in [0, 0.05) is 26.1 Å². The first-order chi connectivity index (χ1) is 29.2. The monoisotopic (exact) mass is 855 g/mol. The summed E-state index contributed by atoms with van der Waals surface area (Å²) < 4.78 is 0. The maximum Gasteiger partial charge on any atom is 0.303 e. The van der Waals surface area contributed by atoms with E-state index < -0.39 is 11.9 Å². The summed E-state index contributed by atoms with van der Waals surface area (Å²) in [5, 5.41) is 33.7. The lowest BCUT2D eigenvalue weighted by Crippen LogP contribution is -1.97. The summed E-state index contributed by atoms with van der Waals surface area (Å²) in [7, 11) is 0. The fourth-order valence-electron chi connectivity index (χ4n) is 7.89. The number of aliphatic carboxylic acids is 2. The van der Waals surface area contributed by atoms with Crippen molar-refractivity contribution in [3.05, 3.63) is 0 Å². The number of hydrogen-bond donors (Lipinski definition) is 4. The maximum absolute atomic E-state index is 9.90. The summed E-state index contributed by atoms with van der Waals surface area (Å²) >= 11 is 0. The molecule has 0 aromatic rings. The van der Waals surface area contributed by atoms with E-state index in [2.05, 4.69) is 27.7 Å². The third-order valence-electron chi connectivity index (χ3n) is 11.9.